The van der Waals surface area contributed by atoms with Crippen LogP contribution in [0.15, 0.2) is 36.4 Å². The molecule has 0 saturated heterocycles. The maximum atomic E-state index is 12.1. The molecule has 2 aromatic rings. The normalized spacial score (nSPS) is 11.9. The topological polar surface area (TPSA) is 76.7 Å². The average molecular weight is 326 g/mol. The van der Waals surface area contributed by atoms with Gasteiger partial charge >= 0.3 is 0 Å². The molecule has 0 saturated carbocycles. The summed E-state index contributed by atoms with van der Waals surface area (Å²) in [5.41, 5.74) is 3.22. The smallest absolute Gasteiger partial charge is 0.233 e. The molecule has 1 heterocycles. The first-order valence-corrected chi connectivity index (χ1v) is 7.58. The van der Waals surface area contributed by atoms with Gasteiger partial charge in [0.1, 0.15) is 6.42 Å². The highest BCUT2D eigenvalue weighted by Gasteiger charge is 2.16. The van der Waals surface area contributed by atoms with E-state index in [1.54, 1.807) is 18.2 Å². The summed E-state index contributed by atoms with van der Waals surface area (Å²) in [6.45, 7) is 4.00. The van der Waals surface area contributed by atoms with Crippen LogP contribution in [0.5, 0.6) is 11.5 Å². The van der Waals surface area contributed by atoms with E-state index in [1.165, 1.54) is 0 Å². The van der Waals surface area contributed by atoms with Gasteiger partial charge in [0.05, 0.1) is 0 Å². The molecule has 1 aliphatic heterocycles. The second kappa shape index (κ2) is 6.62. The Labute approximate surface area is 139 Å². The number of ether oxygens (including phenoxy) is 2. The number of carbonyl (C=O) groups excluding carboxylic acids is 2. The van der Waals surface area contributed by atoms with Crippen LogP contribution in [0.25, 0.3) is 0 Å². The summed E-state index contributed by atoms with van der Waals surface area (Å²) in [7, 11) is 0. The number of benzene rings is 2. The Morgan fingerprint density at radius 2 is 1.62 bits per heavy atom. The summed E-state index contributed by atoms with van der Waals surface area (Å²) in [5.74, 6) is 0.469. The molecule has 0 atom stereocenters. The van der Waals surface area contributed by atoms with Crippen LogP contribution < -0.4 is 20.1 Å². The van der Waals surface area contributed by atoms with Gasteiger partial charge in [-0.05, 0) is 37.1 Å². The first-order valence-electron chi connectivity index (χ1n) is 7.58. The van der Waals surface area contributed by atoms with Gasteiger partial charge < -0.3 is 20.1 Å². The van der Waals surface area contributed by atoms with Crippen molar-refractivity contribution in [1.29, 1.82) is 0 Å². The van der Waals surface area contributed by atoms with Crippen molar-refractivity contribution in [2.75, 3.05) is 17.4 Å². The Morgan fingerprint density at radius 1 is 0.958 bits per heavy atom. The second-order valence-corrected chi connectivity index (χ2v) is 5.61. The average Bonchev–Trinajstić information content (AvgIpc) is 2.98. The van der Waals surface area contributed by atoms with E-state index in [-0.39, 0.29) is 19.1 Å². The van der Waals surface area contributed by atoms with Crippen molar-refractivity contribution in [2.24, 2.45) is 0 Å². The second-order valence-electron chi connectivity index (χ2n) is 5.61. The zero-order chi connectivity index (χ0) is 17.1. The molecular formula is C18H18N2O4. The van der Waals surface area contributed by atoms with E-state index in [4.69, 9.17) is 9.47 Å². The number of rotatable bonds is 4. The summed E-state index contributed by atoms with van der Waals surface area (Å²) >= 11 is 0. The maximum absolute atomic E-state index is 12.1. The number of nitrogens with one attached hydrogen (secondary N) is 2. The van der Waals surface area contributed by atoms with Gasteiger partial charge in [0.15, 0.2) is 11.5 Å². The molecule has 0 fully saturated rings. The van der Waals surface area contributed by atoms with Gasteiger partial charge in [-0.15, -0.1) is 0 Å². The fraction of sp³-hybridized carbons (Fsp3) is 0.222. The molecule has 0 bridgehead atoms. The van der Waals surface area contributed by atoms with Gasteiger partial charge in [-0.25, -0.2) is 0 Å². The van der Waals surface area contributed by atoms with Crippen molar-refractivity contribution >= 4 is 23.2 Å². The molecule has 3 rings (SSSR count). The molecule has 24 heavy (non-hydrogen) atoms. The van der Waals surface area contributed by atoms with Crippen molar-refractivity contribution < 1.29 is 19.1 Å². The van der Waals surface area contributed by atoms with Crippen LogP contribution in [0.1, 0.15) is 17.5 Å². The minimum atomic E-state index is -0.391. The zero-order valence-electron chi connectivity index (χ0n) is 13.5. The molecule has 0 aromatic heterocycles. The van der Waals surface area contributed by atoms with Crippen molar-refractivity contribution in [3.05, 3.63) is 47.5 Å². The SMILES string of the molecule is Cc1cccc(C)c1NC(=O)CC(=O)Nc1ccc2c(c1)OCO2. The minimum absolute atomic E-state index is 0.172. The molecule has 2 aromatic carbocycles. The summed E-state index contributed by atoms with van der Waals surface area (Å²) in [6, 6.07) is 10.8. The molecule has 2 amide bonds. The number of hydrogen-bond donors (Lipinski definition) is 2. The van der Waals surface area contributed by atoms with Gasteiger partial charge in [0, 0.05) is 17.4 Å². The number of fused-ring (bicyclic) bond motifs is 1. The molecular weight excluding hydrogens is 308 g/mol. The van der Waals surface area contributed by atoms with E-state index in [1.807, 2.05) is 32.0 Å². The van der Waals surface area contributed by atoms with E-state index in [9.17, 15) is 9.59 Å². The lowest BCUT2D eigenvalue weighted by atomic mass is 10.1. The van der Waals surface area contributed by atoms with Crippen LogP contribution in [-0.4, -0.2) is 18.6 Å². The molecule has 124 valence electrons. The van der Waals surface area contributed by atoms with E-state index < -0.39 is 5.91 Å². The maximum Gasteiger partial charge on any atom is 0.233 e. The standard InChI is InChI=1S/C18H18N2O4/c1-11-4-3-5-12(2)18(11)20-17(22)9-16(21)19-13-6-7-14-15(8-13)24-10-23-14/h3-8H,9-10H2,1-2H3,(H,19,21)(H,20,22). The predicted octanol–water partition coefficient (Wildman–Crippen LogP) is 3.00. The molecule has 0 aliphatic carbocycles. The lowest BCUT2D eigenvalue weighted by Gasteiger charge is -2.11. The highest BCUT2D eigenvalue weighted by molar-refractivity contribution is 6.08. The Balaban J connectivity index is 1.59. The van der Waals surface area contributed by atoms with E-state index in [0.29, 0.717) is 17.2 Å². The Hall–Kier alpha value is -3.02. The number of amides is 2. The molecule has 1 aliphatic rings. The van der Waals surface area contributed by atoms with Crippen LogP contribution in [0.3, 0.4) is 0 Å². The third-order valence-corrected chi connectivity index (χ3v) is 3.72. The van der Waals surface area contributed by atoms with Gasteiger partial charge in [-0.1, -0.05) is 18.2 Å². The first-order chi connectivity index (χ1) is 11.5. The Bertz CT molecular complexity index is 781. The van der Waals surface area contributed by atoms with Crippen LogP contribution >= 0.6 is 0 Å². The van der Waals surface area contributed by atoms with Crippen molar-refractivity contribution in [3.63, 3.8) is 0 Å². The van der Waals surface area contributed by atoms with Gasteiger partial charge in [-0.2, -0.15) is 0 Å². The Kier molecular flexibility index (Phi) is 4.37. The lowest BCUT2D eigenvalue weighted by Crippen LogP contribution is -2.22. The first kappa shape index (κ1) is 15.9. The Morgan fingerprint density at radius 3 is 2.38 bits per heavy atom. The van der Waals surface area contributed by atoms with Crippen LogP contribution in [-0.2, 0) is 9.59 Å². The zero-order valence-corrected chi connectivity index (χ0v) is 13.5. The number of carbonyl (C=O) groups is 2. The van der Waals surface area contributed by atoms with E-state index in [2.05, 4.69) is 10.6 Å². The van der Waals surface area contributed by atoms with Crippen LogP contribution in [0, 0.1) is 13.8 Å². The molecule has 2 N–H and O–H groups in total. The molecule has 0 spiro atoms. The molecule has 6 nitrogen and oxygen atoms in total. The van der Waals surface area contributed by atoms with E-state index in [0.717, 1.165) is 16.8 Å². The summed E-state index contributed by atoms with van der Waals surface area (Å²) < 4.78 is 10.5. The summed E-state index contributed by atoms with van der Waals surface area (Å²) in [6.07, 6.45) is -0.262. The fourth-order valence-electron chi connectivity index (χ4n) is 2.52. The number of hydrogen-bond acceptors (Lipinski definition) is 4. The van der Waals surface area contributed by atoms with Crippen LogP contribution in [0.2, 0.25) is 0 Å². The highest BCUT2D eigenvalue weighted by atomic mass is 16.7. The van der Waals surface area contributed by atoms with Gasteiger partial charge in [0.2, 0.25) is 18.6 Å². The van der Waals surface area contributed by atoms with Crippen LogP contribution in [0.4, 0.5) is 11.4 Å². The third-order valence-electron chi connectivity index (χ3n) is 3.72. The monoisotopic (exact) mass is 326 g/mol. The molecule has 6 heteroatoms. The van der Waals surface area contributed by atoms with Crippen molar-refractivity contribution in [2.45, 2.75) is 20.3 Å². The predicted molar refractivity (Wildman–Crippen MR) is 90.4 cm³/mol. The van der Waals surface area contributed by atoms with Crippen molar-refractivity contribution in [3.8, 4) is 11.5 Å². The quantitative estimate of drug-likeness (QED) is 0.847. The van der Waals surface area contributed by atoms with Gasteiger partial charge in [-0.3, -0.25) is 9.59 Å². The van der Waals surface area contributed by atoms with Gasteiger partial charge in [0.25, 0.3) is 0 Å². The third kappa shape index (κ3) is 3.48. The number of aryl methyl sites for hydroxylation is 2. The fourth-order valence-corrected chi connectivity index (χ4v) is 2.52. The minimum Gasteiger partial charge on any atom is -0.454 e. The lowest BCUT2D eigenvalue weighted by molar-refractivity contribution is -0.123. The largest absolute Gasteiger partial charge is 0.454 e. The molecule has 0 radical (unpaired) electrons. The van der Waals surface area contributed by atoms with Crippen molar-refractivity contribution in [1.82, 2.24) is 0 Å². The highest BCUT2D eigenvalue weighted by Crippen LogP contribution is 2.34. The summed E-state index contributed by atoms with van der Waals surface area (Å²) in [5, 5.41) is 5.47. The molecule has 0 unspecified atom stereocenters. The number of para-hydroxylation sites is 1. The van der Waals surface area contributed by atoms with E-state index >= 15 is 0 Å². The number of anilines is 2. The summed E-state index contributed by atoms with van der Waals surface area (Å²) in [4.78, 5) is 24.1.